The second-order valence-corrected chi connectivity index (χ2v) is 7.18. The molecule has 1 saturated heterocycles. The zero-order valence-corrected chi connectivity index (χ0v) is 16.3. The number of halogens is 2. The molecule has 1 fully saturated rings. The average Bonchev–Trinajstić information content (AvgIpc) is 2.68. The van der Waals surface area contributed by atoms with Crippen LogP contribution in [-0.4, -0.2) is 42.3 Å². The lowest BCUT2D eigenvalue weighted by atomic mass is 10.1. The van der Waals surface area contributed by atoms with Crippen molar-refractivity contribution in [2.75, 3.05) is 36.4 Å². The van der Waals surface area contributed by atoms with E-state index in [2.05, 4.69) is 10.2 Å². The van der Waals surface area contributed by atoms with Crippen molar-refractivity contribution in [1.82, 2.24) is 4.90 Å². The summed E-state index contributed by atoms with van der Waals surface area (Å²) in [4.78, 5) is 14.7. The summed E-state index contributed by atoms with van der Waals surface area (Å²) in [6, 6.07) is 11.6. The number of carboxylic acid groups (broad SMARTS) is 1. The van der Waals surface area contributed by atoms with Gasteiger partial charge in [0, 0.05) is 56.2 Å². The van der Waals surface area contributed by atoms with Crippen LogP contribution < -0.4 is 16.0 Å². The number of benzene rings is 2. The van der Waals surface area contributed by atoms with E-state index in [4.69, 9.17) is 34.0 Å². The van der Waals surface area contributed by atoms with Crippen LogP contribution in [0.5, 0.6) is 0 Å². The Bertz CT molecular complexity index is 823. The number of nitrogens with one attached hydrogen (secondary N) is 1. The Kier molecular flexibility index (Phi) is 6.31. The lowest BCUT2D eigenvalue weighted by Gasteiger charge is -2.36. The molecule has 1 aliphatic rings. The number of hydrogen-bond donors (Lipinski definition) is 3. The van der Waals surface area contributed by atoms with Gasteiger partial charge in [-0.25, -0.2) is 4.79 Å². The Morgan fingerprint density at radius 1 is 1.11 bits per heavy atom. The number of nitrogens with zero attached hydrogens (tertiary/aromatic N) is 2. The SMILES string of the molecule is NCc1c(NCc2ccc(Cl)c(Cl)c2)cccc1N1CCN(C(=O)O)CC1. The molecule has 0 radical (unpaired) electrons. The van der Waals surface area contributed by atoms with Gasteiger partial charge < -0.3 is 26.0 Å². The van der Waals surface area contributed by atoms with Gasteiger partial charge in [0.1, 0.15) is 0 Å². The first-order valence-electron chi connectivity index (χ1n) is 8.72. The third-order valence-electron chi connectivity index (χ3n) is 4.71. The normalized spacial score (nSPS) is 14.3. The number of hydrogen-bond acceptors (Lipinski definition) is 4. The molecule has 0 aliphatic carbocycles. The van der Waals surface area contributed by atoms with E-state index in [9.17, 15) is 4.79 Å². The van der Waals surface area contributed by atoms with Crippen molar-refractivity contribution >= 4 is 40.7 Å². The van der Waals surface area contributed by atoms with Gasteiger partial charge in [0.15, 0.2) is 0 Å². The molecular weight excluding hydrogens is 387 g/mol. The fourth-order valence-electron chi connectivity index (χ4n) is 3.24. The molecule has 27 heavy (non-hydrogen) atoms. The molecule has 2 aromatic rings. The first-order chi connectivity index (χ1) is 13.0. The van der Waals surface area contributed by atoms with E-state index in [0.29, 0.717) is 49.3 Å². The van der Waals surface area contributed by atoms with Crippen molar-refractivity contribution in [1.29, 1.82) is 0 Å². The maximum atomic E-state index is 11.1. The van der Waals surface area contributed by atoms with E-state index in [1.807, 2.05) is 30.3 Å². The summed E-state index contributed by atoms with van der Waals surface area (Å²) in [5.41, 5.74) is 10.1. The summed E-state index contributed by atoms with van der Waals surface area (Å²) in [5, 5.41) is 13.6. The second kappa shape index (κ2) is 8.69. The minimum Gasteiger partial charge on any atom is -0.465 e. The van der Waals surface area contributed by atoms with Crippen LogP contribution in [0.25, 0.3) is 0 Å². The summed E-state index contributed by atoms with van der Waals surface area (Å²) in [6.45, 7) is 3.25. The smallest absolute Gasteiger partial charge is 0.407 e. The molecule has 0 spiro atoms. The van der Waals surface area contributed by atoms with Crippen LogP contribution in [0.15, 0.2) is 36.4 Å². The molecular formula is C19H22Cl2N4O2. The fraction of sp³-hybridized carbons (Fsp3) is 0.316. The van der Waals surface area contributed by atoms with E-state index in [0.717, 1.165) is 22.5 Å². The Morgan fingerprint density at radius 2 is 1.85 bits per heavy atom. The molecule has 1 amide bonds. The zero-order valence-electron chi connectivity index (χ0n) is 14.8. The molecule has 6 nitrogen and oxygen atoms in total. The lowest BCUT2D eigenvalue weighted by Crippen LogP contribution is -2.48. The van der Waals surface area contributed by atoms with E-state index >= 15 is 0 Å². The Morgan fingerprint density at radius 3 is 2.48 bits per heavy atom. The minimum absolute atomic E-state index is 0.388. The highest BCUT2D eigenvalue weighted by atomic mass is 35.5. The van der Waals surface area contributed by atoms with Crippen molar-refractivity contribution in [3.8, 4) is 0 Å². The third-order valence-corrected chi connectivity index (χ3v) is 5.45. The molecule has 8 heteroatoms. The van der Waals surface area contributed by atoms with Gasteiger partial charge in [0.05, 0.1) is 10.0 Å². The van der Waals surface area contributed by atoms with E-state index < -0.39 is 6.09 Å². The zero-order chi connectivity index (χ0) is 19.4. The molecule has 2 aromatic carbocycles. The molecule has 0 atom stereocenters. The van der Waals surface area contributed by atoms with Gasteiger partial charge >= 0.3 is 6.09 Å². The quantitative estimate of drug-likeness (QED) is 0.699. The summed E-state index contributed by atoms with van der Waals surface area (Å²) in [5.74, 6) is 0. The standard InChI is InChI=1S/C19H22Cl2N4O2/c20-15-5-4-13(10-16(15)21)12-23-17-2-1-3-18(14(17)11-22)24-6-8-25(9-7-24)19(26)27/h1-5,10,23H,6-9,11-12,22H2,(H,26,27). The maximum absolute atomic E-state index is 11.1. The second-order valence-electron chi connectivity index (χ2n) is 6.37. The predicted molar refractivity (Wildman–Crippen MR) is 110 cm³/mol. The summed E-state index contributed by atoms with van der Waals surface area (Å²) >= 11 is 12.1. The van der Waals surface area contributed by atoms with Gasteiger partial charge in [-0.05, 0) is 29.8 Å². The number of anilines is 2. The van der Waals surface area contributed by atoms with Crippen molar-refractivity contribution in [3.63, 3.8) is 0 Å². The topological polar surface area (TPSA) is 81.8 Å². The maximum Gasteiger partial charge on any atom is 0.407 e. The molecule has 144 valence electrons. The molecule has 1 aliphatic heterocycles. The molecule has 0 unspecified atom stereocenters. The van der Waals surface area contributed by atoms with Crippen molar-refractivity contribution in [2.24, 2.45) is 5.73 Å². The fourth-order valence-corrected chi connectivity index (χ4v) is 3.56. The molecule has 3 rings (SSSR count). The number of amides is 1. The number of piperazine rings is 1. The molecule has 0 saturated carbocycles. The molecule has 4 N–H and O–H groups in total. The van der Waals surface area contributed by atoms with E-state index in [-0.39, 0.29) is 0 Å². The largest absolute Gasteiger partial charge is 0.465 e. The van der Waals surface area contributed by atoms with Gasteiger partial charge in [-0.2, -0.15) is 0 Å². The van der Waals surface area contributed by atoms with Gasteiger partial charge in [-0.15, -0.1) is 0 Å². The molecule has 0 aromatic heterocycles. The van der Waals surface area contributed by atoms with Crippen LogP contribution in [-0.2, 0) is 13.1 Å². The number of carbonyl (C=O) groups is 1. The van der Waals surface area contributed by atoms with Crippen molar-refractivity contribution in [2.45, 2.75) is 13.1 Å². The van der Waals surface area contributed by atoms with Crippen LogP contribution in [0.1, 0.15) is 11.1 Å². The average molecular weight is 409 g/mol. The summed E-state index contributed by atoms with van der Waals surface area (Å²) in [6.07, 6.45) is -0.870. The van der Waals surface area contributed by atoms with Crippen molar-refractivity contribution in [3.05, 3.63) is 57.6 Å². The van der Waals surface area contributed by atoms with Crippen LogP contribution in [0, 0.1) is 0 Å². The van der Waals surface area contributed by atoms with Crippen LogP contribution in [0.3, 0.4) is 0 Å². The summed E-state index contributed by atoms with van der Waals surface area (Å²) in [7, 11) is 0. The van der Waals surface area contributed by atoms with Crippen molar-refractivity contribution < 1.29 is 9.90 Å². The lowest BCUT2D eigenvalue weighted by molar-refractivity contribution is 0.142. The van der Waals surface area contributed by atoms with Gasteiger partial charge in [0.25, 0.3) is 0 Å². The Hall–Kier alpha value is -2.15. The number of nitrogens with two attached hydrogens (primary N) is 1. The highest BCUT2D eigenvalue weighted by Crippen LogP contribution is 2.29. The van der Waals surface area contributed by atoms with Gasteiger partial charge in [0.2, 0.25) is 0 Å². The van der Waals surface area contributed by atoms with Gasteiger partial charge in [-0.1, -0.05) is 35.3 Å². The predicted octanol–water partition coefficient (Wildman–Crippen LogP) is 3.86. The Balaban J connectivity index is 1.74. The summed E-state index contributed by atoms with van der Waals surface area (Å²) < 4.78 is 0. The highest BCUT2D eigenvalue weighted by Gasteiger charge is 2.22. The number of rotatable bonds is 5. The third kappa shape index (κ3) is 4.58. The molecule has 0 bridgehead atoms. The Labute approximate surface area is 168 Å². The van der Waals surface area contributed by atoms with Crippen LogP contribution in [0.2, 0.25) is 10.0 Å². The van der Waals surface area contributed by atoms with Gasteiger partial charge in [-0.3, -0.25) is 0 Å². The molecule has 1 heterocycles. The first-order valence-corrected chi connectivity index (χ1v) is 9.47. The van der Waals surface area contributed by atoms with E-state index in [1.54, 1.807) is 6.07 Å². The monoisotopic (exact) mass is 408 g/mol. The van der Waals surface area contributed by atoms with Crippen LogP contribution >= 0.6 is 23.2 Å². The first kappa shape index (κ1) is 19.6. The van der Waals surface area contributed by atoms with E-state index in [1.165, 1.54) is 4.90 Å². The highest BCUT2D eigenvalue weighted by molar-refractivity contribution is 6.42. The minimum atomic E-state index is -0.870. The van der Waals surface area contributed by atoms with Crippen LogP contribution in [0.4, 0.5) is 16.2 Å².